The molecule has 5 heteroatoms. The van der Waals surface area contributed by atoms with Crippen molar-refractivity contribution in [1.29, 1.82) is 0 Å². The van der Waals surface area contributed by atoms with Crippen LogP contribution in [0.15, 0.2) is 21.5 Å². The average Bonchev–Trinajstić information content (AvgIpc) is 2.27. The first-order valence-corrected chi connectivity index (χ1v) is 6.19. The Balaban J connectivity index is 2.17. The standard InChI is InChI=1S/C11H15BrN2O2/c12-10-5-9(13)7-14(11(10)15)6-8-1-3-16-4-2-8/h5,7-8H,1-4,6,13H2. The van der Waals surface area contributed by atoms with E-state index in [2.05, 4.69) is 15.9 Å². The van der Waals surface area contributed by atoms with Crippen LogP contribution in [0.1, 0.15) is 12.8 Å². The van der Waals surface area contributed by atoms with E-state index in [4.69, 9.17) is 10.5 Å². The zero-order valence-corrected chi connectivity index (χ0v) is 10.6. The Labute approximate surface area is 103 Å². The molecule has 4 nitrogen and oxygen atoms in total. The monoisotopic (exact) mass is 286 g/mol. The SMILES string of the molecule is Nc1cc(Br)c(=O)n(CC2CCOCC2)c1. The minimum atomic E-state index is -0.0132. The summed E-state index contributed by atoms with van der Waals surface area (Å²) in [5, 5.41) is 0. The number of rotatable bonds is 2. The molecular formula is C11H15BrN2O2. The molecule has 2 rings (SSSR count). The number of ether oxygens (including phenoxy) is 1. The Kier molecular flexibility index (Phi) is 3.66. The molecule has 0 radical (unpaired) electrons. The third kappa shape index (κ3) is 2.65. The first-order chi connectivity index (χ1) is 7.66. The van der Waals surface area contributed by atoms with E-state index < -0.39 is 0 Å². The molecule has 0 unspecified atom stereocenters. The lowest BCUT2D eigenvalue weighted by atomic mass is 10.0. The third-order valence-corrected chi connectivity index (χ3v) is 3.43. The van der Waals surface area contributed by atoms with E-state index in [-0.39, 0.29) is 5.56 Å². The molecule has 0 atom stereocenters. The number of pyridine rings is 1. The molecule has 0 aromatic carbocycles. The summed E-state index contributed by atoms with van der Waals surface area (Å²) in [6.07, 6.45) is 3.74. The van der Waals surface area contributed by atoms with Crippen molar-refractivity contribution in [2.24, 2.45) is 5.92 Å². The third-order valence-electron chi connectivity index (χ3n) is 2.86. The second-order valence-corrected chi connectivity index (χ2v) is 4.99. The van der Waals surface area contributed by atoms with Gasteiger partial charge in [0.2, 0.25) is 0 Å². The van der Waals surface area contributed by atoms with Gasteiger partial charge < -0.3 is 15.0 Å². The Hall–Kier alpha value is -0.810. The molecule has 0 bridgehead atoms. The molecule has 1 aliphatic rings. The quantitative estimate of drug-likeness (QED) is 0.899. The predicted octanol–water partition coefficient (Wildman–Crippen LogP) is 1.62. The van der Waals surface area contributed by atoms with E-state index in [0.717, 1.165) is 32.6 Å². The highest BCUT2D eigenvalue weighted by Crippen LogP contribution is 2.17. The first kappa shape index (κ1) is 11.7. The highest BCUT2D eigenvalue weighted by Gasteiger charge is 2.15. The Morgan fingerprint density at radius 1 is 1.50 bits per heavy atom. The van der Waals surface area contributed by atoms with Gasteiger partial charge in [0.15, 0.2) is 0 Å². The van der Waals surface area contributed by atoms with E-state index >= 15 is 0 Å². The summed E-state index contributed by atoms with van der Waals surface area (Å²) >= 11 is 3.22. The van der Waals surface area contributed by atoms with Crippen LogP contribution in [0.5, 0.6) is 0 Å². The molecule has 1 aromatic rings. The molecule has 2 N–H and O–H groups in total. The summed E-state index contributed by atoms with van der Waals surface area (Å²) < 4.78 is 7.51. The smallest absolute Gasteiger partial charge is 0.264 e. The number of halogens is 1. The van der Waals surface area contributed by atoms with Crippen LogP contribution in [0.4, 0.5) is 5.69 Å². The molecule has 88 valence electrons. The van der Waals surface area contributed by atoms with Gasteiger partial charge in [0.1, 0.15) is 0 Å². The van der Waals surface area contributed by atoms with Crippen LogP contribution in [-0.4, -0.2) is 17.8 Å². The maximum absolute atomic E-state index is 11.8. The van der Waals surface area contributed by atoms with Gasteiger partial charge in [0, 0.05) is 31.6 Å². The van der Waals surface area contributed by atoms with Crippen molar-refractivity contribution in [2.75, 3.05) is 18.9 Å². The van der Waals surface area contributed by atoms with E-state index in [0.29, 0.717) is 16.1 Å². The Bertz CT molecular complexity index is 424. The van der Waals surface area contributed by atoms with Gasteiger partial charge in [0.25, 0.3) is 5.56 Å². The van der Waals surface area contributed by atoms with Crippen molar-refractivity contribution in [1.82, 2.24) is 4.57 Å². The van der Waals surface area contributed by atoms with E-state index in [9.17, 15) is 4.79 Å². The second kappa shape index (κ2) is 5.01. The van der Waals surface area contributed by atoms with Gasteiger partial charge in [-0.25, -0.2) is 0 Å². The minimum absolute atomic E-state index is 0.0132. The fourth-order valence-electron chi connectivity index (χ4n) is 1.96. The minimum Gasteiger partial charge on any atom is -0.398 e. The van der Waals surface area contributed by atoms with Gasteiger partial charge in [-0.2, -0.15) is 0 Å². The van der Waals surface area contributed by atoms with Crippen molar-refractivity contribution in [3.05, 3.63) is 27.1 Å². The molecule has 0 amide bonds. The average molecular weight is 287 g/mol. The summed E-state index contributed by atoms with van der Waals surface area (Å²) in [6, 6.07) is 1.64. The van der Waals surface area contributed by atoms with Crippen LogP contribution < -0.4 is 11.3 Å². The van der Waals surface area contributed by atoms with Gasteiger partial charge in [-0.15, -0.1) is 0 Å². The number of nitrogens with zero attached hydrogens (tertiary/aromatic N) is 1. The summed E-state index contributed by atoms with van der Waals surface area (Å²) in [4.78, 5) is 11.8. The summed E-state index contributed by atoms with van der Waals surface area (Å²) in [5.74, 6) is 0.514. The highest BCUT2D eigenvalue weighted by atomic mass is 79.9. The fraction of sp³-hybridized carbons (Fsp3) is 0.545. The largest absolute Gasteiger partial charge is 0.398 e. The summed E-state index contributed by atoms with van der Waals surface area (Å²) in [7, 11) is 0. The maximum atomic E-state index is 11.8. The zero-order valence-electron chi connectivity index (χ0n) is 8.99. The molecule has 0 saturated carbocycles. The van der Waals surface area contributed by atoms with Crippen LogP contribution >= 0.6 is 15.9 Å². The zero-order chi connectivity index (χ0) is 11.5. The van der Waals surface area contributed by atoms with Crippen molar-refractivity contribution in [3.8, 4) is 0 Å². The number of hydrogen-bond acceptors (Lipinski definition) is 3. The predicted molar refractivity (Wildman–Crippen MR) is 66.4 cm³/mol. The maximum Gasteiger partial charge on any atom is 0.264 e. The lowest BCUT2D eigenvalue weighted by Gasteiger charge is -2.22. The Morgan fingerprint density at radius 2 is 2.19 bits per heavy atom. The van der Waals surface area contributed by atoms with Crippen molar-refractivity contribution in [2.45, 2.75) is 19.4 Å². The highest BCUT2D eigenvalue weighted by molar-refractivity contribution is 9.10. The molecule has 16 heavy (non-hydrogen) atoms. The van der Waals surface area contributed by atoms with Gasteiger partial charge >= 0.3 is 0 Å². The van der Waals surface area contributed by atoms with Crippen LogP contribution in [0.25, 0.3) is 0 Å². The topological polar surface area (TPSA) is 57.2 Å². The number of anilines is 1. The summed E-state index contributed by atoms with van der Waals surface area (Å²) in [5.41, 5.74) is 6.32. The van der Waals surface area contributed by atoms with Crippen LogP contribution in [0.3, 0.4) is 0 Å². The number of nitrogen functional groups attached to an aromatic ring is 1. The van der Waals surface area contributed by atoms with Crippen molar-refractivity contribution in [3.63, 3.8) is 0 Å². The molecule has 1 aliphatic heterocycles. The molecule has 0 spiro atoms. The van der Waals surface area contributed by atoms with Crippen molar-refractivity contribution < 1.29 is 4.74 Å². The molecule has 1 saturated heterocycles. The number of nitrogens with two attached hydrogens (primary N) is 1. The van der Waals surface area contributed by atoms with E-state index in [1.54, 1.807) is 16.8 Å². The molecule has 0 aliphatic carbocycles. The van der Waals surface area contributed by atoms with Crippen LogP contribution in [0.2, 0.25) is 0 Å². The lowest BCUT2D eigenvalue weighted by molar-refractivity contribution is 0.0609. The van der Waals surface area contributed by atoms with Crippen molar-refractivity contribution >= 4 is 21.6 Å². The van der Waals surface area contributed by atoms with E-state index in [1.165, 1.54) is 0 Å². The molecule has 1 aromatic heterocycles. The van der Waals surface area contributed by atoms with Gasteiger partial charge in [-0.3, -0.25) is 4.79 Å². The number of aromatic nitrogens is 1. The molecule has 1 fully saturated rings. The lowest BCUT2D eigenvalue weighted by Crippen LogP contribution is -2.27. The molecule has 2 heterocycles. The molecular weight excluding hydrogens is 272 g/mol. The van der Waals surface area contributed by atoms with E-state index in [1.807, 2.05) is 0 Å². The second-order valence-electron chi connectivity index (χ2n) is 4.13. The first-order valence-electron chi connectivity index (χ1n) is 5.40. The van der Waals surface area contributed by atoms with Gasteiger partial charge in [-0.1, -0.05) is 0 Å². The fourth-order valence-corrected chi connectivity index (χ4v) is 2.46. The van der Waals surface area contributed by atoms with Crippen LogP contribution in [0, 0.1) is 5.92 Å². The van der Waals surface area contributed by atoms with Gasteiger partial charge in [-0.05, 0) is 40.8 Å². The summed E-state index contributed by atoms with van der Waals surface area (Å²) in [6.45, 7) is 2.32. The number of hydrogen-bond donors (Lipinski definition) is 1. The Morgan fingerprint density at radius 3 is 2.88 bits per heavy atom. The van der Waals surface area contributed by atoms with Crippen LogP contribution in [-0.2, 0) is 11.3 Å². The normalized spacial score (nSPS) is 17.6. The van der Waals surface area contributed by atoms with Gasteiger partial charge in [0.05, 0.1) is 4.47 Å².